The number of rotatable bonds is 67. The summed E-state index contributed by atoms with van der Waals surface area (Å²) in [5.41, 5.74) is 0. The predicted molar refractivity (Wildman–Crippen MR) is 353 cm³/mol. The second kappa shape index (κ2) is 69.9. The molecule has 0 aliphatic rings. The van der Waals surface area contributed by atoms with Crippen LogP contribution in [0.15, 0.2) is 48.6 Å². The van der Waals surface area contributed by atoms with Crippen LogP contribution < -0.4 is 0 Å². The average Bonchev–Trinajstić information content (AvgIpc) is 3.47. The molecular weight excluding hydrogens is 997 g/mol. The minimum atomic E-state index is -0.765. The minimum absolute atomic E-state index is 0.0659. The van der Waals surface area contributed by atoms with Crippen molar-refractivity contribution in [2.75, 3.05) is 13.2 Å². The van der Waals surface area contributed by atoms with E-state index in [1.165, 1.54) is 263 Å². The van der Waals surface area contributed by atoms with Gasteiger partial charge in [0.15, 0.2) is 6.10 Å². The Bertz CT molecular complexity index is 1400. The molecule has 0 rings (SSSR count). The molecule has 1 atom stereocenters. The molecule has 0 saturated carbocycles. The summed E-state index contributed by atoms with van der Waals surface area (Å²) in [5.74, 6) is -0.852. The zero-order valence-electron chi connectivity index (χ0n) is 54.6. The molecule has 81 heavy (non-hydrogen) atoms. The molecule has 0 aliphatic heterocycles. The fraction of sp³-hybridized carbons (Fsp3) is 0.853. The molecule has 0 radical (unpaired) electrons. The van der Waals surface area contributed by atoms with E-state index in [4.69, 9.17) is 14.2 Å². The lowest BCUT2D eigenvalue weighted by Crippen LogP contribution is -2.30. The Morgan fingerprint density at radius 3 is 0.753 bits per heavy atom. The number of allylic oxidation sites excluding steroid dienone is 8. The number of hydrogen-bond acceptors (Lipinski definition) is 6. The van der Waals surface area contributed by atoms with Gasteiger partial charge in [-0.25, -0.2) is 0 Å². The number of ether oxygens (including phenoxy) is 3. The van der Waals surface area contributed by atoms with E-state index in [-0.39, 0.29) is 31.1 Å². The van der Waals surface area contributed by atoms with Crippen LogP contribution in [0.4, 0.5) is 0 Å². The summed E-state index contributed by atoms with van der Waals surface area (Å²) in [6.07, 6.45) is 89.3. The lowest BCUT2D eigenvalue weighted by Gasteiger charge is -2.18. The predicted octanol–water partition coefficient (Wildman–Crippen LogP) is 24.9. The van der Waals surface area contributed by atoms with Gasteiger partial charge in [-0.15, -0.1) is 0 Å². The maximum Gasteiger partial charge on any atom is 0.306 e. The summed E-state index contributed by atoms with van der Waals surface area (Å²) in [6.45, 7) is 6.52. The second-order valence-electron chi connectivity index (χ2n) is 24.5. The Morgan fingerprint density at radius 2 is 0.481 bits per heavy atom. The highest BCUT2D eigenvalue weighted by Crippen LogP contribution is 2.19. The van der Waals surface area contributed by atoms with E-state index >= 15 is 0 Å². The first-order chi connectivity index (χ1) is 40.0. The average molecular weight is 1140 g/mol. The van der Waals surface area contributed by atoms with Crippen LogP contribution in [-0.4, -0.2) is 37.2 Å². The molecule has 0 N–H and O–H groups in total. The number of carbonyl (C=O) groups is 3. The fourth-order valence-electron chi connectivity index (χ4n) is 11.0. The lowest BCUT2D eigenvalue weighted by atomic mass is 10.0. The van der Waals surface area contributed by atoms with Crippen molar-refractivity contribution in [3.05, 3.63) is 48.6 Å². The fourth-order valence-corrected chi connectivity index (χ4v) is 11.0. The first-order valence-electron chi connectivity index (χ1n) is 36.1. The third-order valence-corrected chi connectivity index (χ3v) is 16.3. The lowest BCUT2D eigenvalue weighted by molar-refractivity contribution is -0.167. The Kier molecular flexibility index (Phi) is 67.6. The van der Waals surface area contributed by atoms with E-state index < -0.39 is 6.10 Å². The highest BCUT2D eigenvalue weighted by Gasteiger charge is 2.19. The van der Waals surface area contributed by atoms with Crippen LogP contribution in [0.2, 0.25) is 0 Å². The summed E-state index contributed by atoms with van der Waals surface area (Å²) in [4.78, 5) is 38.0. The number of hydrogen-bond donors (Lipinski definition) is 0. The largest absolute Gasteiger partial charge is 0.462 e. The molecule has 0 saturated heterocycles. The highest BCUT2D eigenvalue weighted by molar-refractivity contribution is 5.71. The van der Waals surface area contributed by atoms with Crippen molar-refractivity contribution in [2.45, 2.75) is 399 Å². The van der Waals surface area contributed by atoms with Gasteiger partial charge in [0.25, 0.3) is 0 Å². The van der Waals surface area contributed by atoms with Crippen molar-refractivity contribution in [2.24, 2.45) is 0 Å². The summed E-state index contributed by atoms with van der Waals surface area (Å²) in [5, 5.41) is 0. The Labute approximate surface area is 505 Å². The van der Waals surface area contributed by atoms with Gasteiger partial charge in [-0.1, -0.05) is 365 Å². The molecule has 474 valence electrons. The number of carbonyl (C=O) groups excluding carboxylic acids is 3. The van der Waals surface area contributed by atoms with Gasteiger partial charge in [0.2, 0.25) is 0 Å². The first-order valence-corrected chi connectivity index (χ1v) is 36.1. The van der Waals surface area contributed by atoms with Crippen molar-refractivity contribution < 1.29 is 28.6 Å². The van der Waals surface area contributed by atoms with Crippen LogP contribution in [0.5, 0.6) is 0 Å². The van der Waals surface area contributed by atoms with Crippen LogP contribution in [0, 0.1) is 0 Å². The van der Waals surface area contributed by atoms with Crippen molar-refractivity contribution in [1.82, 2.24) is 0 Å². The molecule has 0 aromatic heterocycles. The molecule has 0 spiro atoms. The zero-order valence-corrected chi connectivity index (χ0v) is 54.6. The van der Waals surface area contributed by atoms with Crippen molar-refractivity contribution in [3.63, 3.8) is 0 Å². The van der Waals surface area contributed by atoms with Crippen molar-refractivity contribution in [3.8, 4) is 0 Å². The number of esters is 3. The molecule has 0 aromatic carbocycles. The van der Waals surface area contributed by atoms with E-state index in [9.17, 15) is 14.4 Å². The molecule has 6 nitrogen and oxygen atoms in total. The van der Waals surface area contributed by atoms with E-state index in [0.29, 0.717) is 19.3 Å². The molecular formula is C75H138O6. The molecule has 0 aromatic rings. The van der Waals surface area contributed by atoms with Gasteiger partial charge >= 0.3 is 17.9 Å². The van der Waals surface area contributed by atoms with Crippen LogP contribution >= 0.6 is 0 Å². The highest BCUT2D eigenvalue weighted by atomic mass is 16.6. The van der Waals surface area contributed by atoms with E-state index in [1.807, 2.05) is 0 Å². The third-order valence-electron chi connectivity index (χ3n) is 16.3. The van der Waals surface area contributed by atoms with E-state index in [1.54, 1.807) is 0 Å². The van der Waals surface area contributed by atoms with Gasteiger partial charge in [0, 0.05) is 19.3 Å². The molecule has 0 amide bonds. The van der Waals surface area contributed by atoms with Crippen LogP contribution in [0.3, 0.4) is 0 Å². The van der Waals surface area contributed by atoms with E-state index in [0.717, 1.165) is 89.9 Å². The monoisotopic (exact) mass is 1140 g/mol. The van der Waals surface area contributed by atoms with Gasteiger partial charge in [-0.2, -0.15) is 0 Å². The summed E-state index contributed by atoms with van der Waals surface area (Å²) in [6, 6.07) is 0. The van der Waals surface area contributed by atoms with Crippen LogP contribution in [-0.2, 0) is 28.6 Å². The normalized spacial score (nSPS) is 12.3. The van der Waals surface area contributed by atoms with Gasteiger partial charge < -0.3 is 14.2 Å². The van der Waals surface area contributed by atoms with Gasteiger partial charge in [-0.3, -0.25) is 14.4 Å². The third kappa shape index (κ3) is 68.0. The standard InChI is InChI=1S/C75H138O6/c1-4-7-10-13-15-17-19-21-23-25-27-29-31-32-33-34-35-36-37-38-39-40-41-42-44-45-47-49-51-53-55-57-59-62-65-68-74(77)80-71-72(70-79-73(76)67-64-61-12-9-6-3)81-75(78)69-66-63-60-58-56-54-52-50-48-46-43-30-28-26-24-22-20-18-16-14-11-8-5-2/h7,10,15,17,21,23,27,29,72H,4-6,8-9,11-14,16,18-20,22,24-26,28,30-71H2,1-3H3/b10-7-,17-15-,23-21-,29-27-. The maximum absolute atomic E-state index is 12.9. The van der Waals surface area contributed by atoms with Crippen LogP contribution in [0.1, 0.15) is 393 Å². The van der Waals surface area contributed by atoms with Crippen molar-refractivity contribution in [1.29, 1.82) is 0 Å². The quantitative estimate of drug-likeness (QED) is 0.0261. The van der Waals surface area contributed by atoms with Crippen LogP contribution in [0.25, 0.3) is 0 Å². The summed E-state index contributed by atoms with van der Waals surface area (Å²) < 4.78 is 16.8. The zero-order chi connectivity index (χ0) is 58.5. The molecule has 0 bridgehead atoms. The smallest absolute Gasteiger partial charge is 0.306 e. The van der Waals surface area contributed by atoms with Gasteiger partial charge in [0.05, 0.1) is 0 Å². The molecule has 6 heteroatoms. The summed E-state index contributed by atoms with van der Waals surface area (Å²) >= 11 is 0. The Morgan fingerprint density at radius 1 is 0.259 bits per heavy atom. The SMILES string of the molecule is CC/C=C\C/C=C\C/C=C\C/C=C\CCCCCCCCCCCCCCCCCCCCCCCCC(=O)OCC(COC(=O)CCCCCCC)OC(=O)CCCCCCCCCCCCCCCCCCCCCCCCC. The van der Waals surface area contributed by atoms with Crippen molar-refractivity contribution >= 4 is 17.9 Å². The Balaban J connectivity index is 3.87. The second-order valence-corrected chi connectivity index (χ2v) is 24.5. The van der Waals surface area contributed by atoms with E-state index in [2.05, 4.69) is 69.4 Å². The molecule has 1 unspecified atom stereocenters. The minimum Gasteiger partial charge on any atom is -0.462 e. The van der Waals surface area contributed by atoms with Gasteiger partial charge in [-0.05, 0) is 57.8 Å². The Hall–Kier alpha value is -2.63. The molecule has 0 heterocycles. The molecule has 0 fully saturated rings. The topological polar surface area (TPSA) is 78.9 Å². The summed E-state index contributed by atoms with van der Waals surface area (Å²) in [7, 11) is 0. The molecule has 0 aliphatic carbocycles. The van der Waals surface area contributed by atoms with Gasteiger partial charge in [0.1, 0.15) is 13.2 Å². The number of unbranched alkanes of at least 4 members (excludes halogenated alkanes) is 48. The first kappa shape index (κ1) is 78.4. The maximum atomic E-state index is 12.9.